The van der Waals surface area contributed by atoms with Crippen molar-refractivity contribution in [2.75, 3.05) is 0 Å². The maximum atomic E-state index is 12.4. The lowest BCUT2D eigenvalue weighted by Gasteiger charge is -2.10. The van der Waals surface area contributed by atoms with Crippen LogP contribution in [0.1, 0.15) is 6.42 Å². The van der Waals surface area contributed by atoms with Crippen molar-refractivity contribution >= 4 is 0 Å². The normalized spacial score (nSPS) is 17.2. The van der Waals surface area contributed by atoms with Gasteiger partial charge in [-0.3, -0.25) is 0 Å². The van der Waals surface area contributed by atoms with Crippen LogP contribution in [0.5, 0.6) is 0 Å². The van der Waals surface area contributed by atoms with Crippen LogP contribution in [0.15, 0.2) is 22.3 Å². The molecule has 0 unspecified atom stereocenters. The molecule has 1 rings (SSSR count). The summed E-state index contributed by atoms with van der Waals surface area (Å²) in [7, 11) is 0. The Balaban J connectivity index is 3.41. The maximum absolute atomic E-state index is 12.4. The molecule has 0 aromatic heterocycles. The maximum Gasteiger partial charge on any atom is 0.414 e. The van der Waals surface area contributed by atoms with Gasteiger partial charge in [-0.05, 0) is 0 Å². The van der Waals surface area contributed by atoms with Gasteiger partial charge in [0.15, 0.2) is 0 Å². The first kappa shape index (κ1) is 13.1. The fourth-order valence-corrected chi connectivity index (χ4v) is 1.39. The number of nitriles is 2. The lowest BCUT2D eigenvalue weighted by Crippen LogP contribution is -2.16. The number of hydrogen-bond acceptors (Lipinski definition) is 2. The molecule has 0 saturated carbocycles. The van der Waals surface area contributed by atoms with Crippen molar-refractivity contribution in [1.29, 1.82) is 10.5 Å². The van der Waals surface area contributed by atoms with Crippen LogP contribution in [0.25, 0.3) is 0 Å². The molecule has 2 nitrogen and oxygen atoms in total. The minimum Gasteiger partial charge on any atom is -0.192 e. The molecule has 0 spiro atoms. The standard InChI is InChI=1S/C9H2F6N2/c10-8(11,12)6-1-7(9(13,14)15)5(3-17)4(6)2-16/h1H2. The van der Waals surface area contributed by atoms with Crippen LogP contribution >= 0.6 is 0 Å². The van der Waals surface area contributed by atoms with Crippen LogP contribution in [-0.2, 0) is 0 Å². The zero-order chi connectivity index (χ0) is 13.4. The molecule has 0 bridgehead atoms. The molecule has 0 amide bonds. The number of allylic oxidation sites excluding steroid dienone is 4. The number of halogens is 6. The lowest BCUT2D eigenvalue weighted by molar-refractivity contribution is -0.103. The van der Waals surface area contributed by atoms with Crippen molar-refractivity contribution < 1.29 is 26.3 Å². The highest BCUT2D eigenvalue weighted by atomic mass is 19.4. The minimum atomic E-state index is -5.06. The molecular formula is C9H2F6N2. The van der Waals surface area contributed by atoms with Crippen LogP contribution in [0.2, 0.25) is 0 Å². The van der Waals surface area contributed by atoms with E-state index in [9.17, 15) is 26.3 Å². The quantitative estimate of drug-likeness (QED) is 0.621. The number of nitrogens with zero attached hydrogens (tertiary/aromatic N) is 2. The van der Waals surface area contributed by atoms with Crippen LogP contribution < -0.4 is 0 Å². The van der Waals surface area contributed by atoms with Gasteiger partial charge in [0.2, 0.25) is 0 Å². The molecule has 1 aliphatic rings. The first-order valence-corrected chi connectivity index (χ1v) is 4.04. The molecule has 0 radical (unpaired) electrons. The average molecular weight is 252 g/mol. The van der Waals surface area contributed by atoms with Gasteiger partial charge in [0, 0.05) is 6.42 Å². The SMILES string of the molecule is N#CC1=C(C(F)(F)F)CC(C(F)(F)F)=C1C#N. The fourth-order valence-electron chi connectivity index (χ4n) is 1.39. The summed E-state index contributed by atoms with van der Waals surface area (Å²) in [6, 6.07) is 2.01. The summed E-state index contributed by atoms with van der Waals surface area (Å²) >= 11 is 0. The first-order valence-electron chi connectivity index (χ1n) is 4.04. The molecule has 0 fully saturated rings. The van der Waals surface area contributed by atoms with Gasteiger partial charge < -0.3 is 0 Å². The van der Waals surface area contributed by atoms with Crippen molar-refractivity contribution in [2.24, 2.45) is 0 Å². The van der Waals surface area contributed by atoms with Gasteiger partial charge >= 0.3 is 12.4 Å². The van der Waals surface area contributed by atoms with Crippen molar-refractivity contribution in [2.45, 2.75) is 18.8 Å². The third-order valence-corrected chi connectivity index (χ3v) is 2.12. The van der Waals surface area contributed by atoms with E-state index in [2.05, 4.69) is 0 Å². The summed E-state index contributed by atoms with van der Waals surface area (Å²) in [5.74, 6) is 0. The number of alkyl halides is 6. The molecule has 8 heteroatoms. The zero-order valence-electron chi connectivity index (χ0n) is 7.87. The lowest BCUT2D eigenvalue weighted by atomic mass is 10.1. The topological polar surface area (TPSA) is 47.6 Å². The van der Waals surface area contributed by atoms with Gasteiger partial charge in [-0.1, -0.05) is 0 Å². The molecular weight excluding hydrogens is 250 g/mol. The van der Waals surface area contributed by atoms with Gasteiger partial charge in [-0.2, -0.15) is 36.9 Å². The molecule has 0 N–H and O–H groups in total. The predicted octanol–water partition coefficient (Wildman–Crippen LogP) is 3.16. The third kappa shape index (κ3) is 2.26. The Bertz CT molecular complexity index is 446. The van der Waals surface area contributed by atoms with E-state index in [4.69, 9.17) is 10.5 Å². The Hall–Kier alpha value is -1.96. The highest BCUT2D eigenvalue weighted by Gasteiger charge is 2.48. The minimum absolute atomic E-state index is 1.00. The van der Waals surface area contributed by atoms with E-state index in [0.717, 1.165) is 12.1 Å². The number of rotatable bonds is 0. The largest absolute Gasteiger partial charge is 0.414 e. The molecule has 0 aromatic rings. The van der Waals surface area contributed by atoms with Crippen LogP contribution in [0, 0.1) is 22.7 Å². The third-order valence-electron chi connectivity index (χ3n) is 2.12. The van der Waals surface area contributed by atoms with Gasteiger partial charge in [-0.15, -0.1) is 0 Å². The zero-order valence-corrected chi connectivity index (χ0v) is 7.87. The summed E-state index contributed by atoms with van der Waals surface area (Å²) in [5.41, 5.74) is -5.73. The second-order valence-electron chi connectivity index (χ2n) is 3.10. The van der Waals surface area contributed by atoms with E-state index < -0.39 is 41.1 Å². The molecule has 0 saturated heterocycles. The predicted molar refractivity (Wildman–Crippen MR) is 42.0 cm³/mol. The van der Waals surface area contributed by atoms with Gasteiger partial charge in [-0.25, -0.2) is 0 Å². The van der Waals surface area contributed by atoms with Crippen LogP contribution in [0.3, 0.4) is 0 Å². The van der Waals surface area contributed by atoms with Crippen molar-refractivity contribution in [3.05, 3.63) is 22.3 Å². The van der Waals surface area contributed by atoms with E-state index in [1.165, 1.54) is 0 Å². The summed E-state index contributed by atoms with van der Waals surface area (Å²) in [5, 5.41) is 16.8. The summed E-state index contributed by atoms with van der Waals surface area (Å²) in [6.07, 6.45) is -11.6. The van der Waals surface area contributed by atoms with Gasteiger partial charge in [0.1, 0.15) is 12.1 Å². The summed E-state index contributed by atoms with van der Waals surface area (Å²) in [6.45, 7) is 0. The smallest absolute Gasteiger partial charge is 0.192 e. The highest BCUT2D eigenvalue weighted by molar-refractivity contribution is 5.62. The van der Waals surface area contributed by atoms with Crippen molar-refractivity contribution in [3.63, 3.8) is 0 Å². The Morgan fingerprint density at radius 2 is 1.06 bits per heavy atom. The first-order chi connectivity index (χ1) is 7.62. The number of hydrogen-bond donors (Lipinski definition) is 0. The van der Waals surface area contributed by atoms with Crippen molar-refractivity contribution in [3.8, 4) is 12.1 Å². The summed E-state index contributed by atoms with van der Waals surface area (Å²) < 4.78 is 74.1. The van der Waals surface area contributed by atoms with E-state index >= 15 is 0 Å². The molecule has 0 aliphatic heterocycles. The molecule has 17 heavy (non-hydrogen) atoms. The average Bonchev–Trinajstić information content (AvgIpc) is 2.54. The molecule has 90 valence electrons. The molecule has 0 aromatic carbocycles. The Kier molecular flexibility index (Phi) is 2.94. The van der Waals surface area contributed by atoms with Crippen LogP contribution in [0.4, 0.5) is 26.3 Å². The Labute approximate surface area is 91.1 Å². The second-order valence-corrected chi connectivity index (χ2v) is 3.10. The Morgan fingerprint density at radius 3 is 1.24 bits per heavy atom. The van der Waals surface area contributed by atoms with E-state index in [1.54, 1.807) is 0 Å². The van der Waals surface area contributed by atoms with Gasteiger partial charge in [0.25, 0.3) is 0 Å². The molecule has 0 heterocycles. The molecule has 0 atom stereocenters. The van der Waals surface area contributed by atoms with E-state index in [1.807, 2.05) is 0 Å². The summed E-state index contributed by atoms with van der Waals surface area (Å²) in [4.78, 5) is 0. The van der Waals surface area contributed by atoms with Crippen LogP contribution in [-0.4, -0.2) is 12.4 Å². The highest BCUT2D eigenvalue weighted by Crippen LogP contribution is 2.46. The van der Waals surface area contributed by atoms with E-state index in [-0.39, 0.29) is 0 Å². The second kappa shape index (κ2) is 3.81. The van der Waals surface area contributed by atoms with Crippen molar-refractivity contribution in [1.82, 2.24) is 0 Å². The monoisotopic (exact) mass is 252 g/mol. The van der Waals surface area contributed by atoms with E-state index in [0.29, 0.717) is 0 Å². The fraction of sp³-hybridized carbons (Fsp3) is 0.333. The molecule has 1 aliphatic carbocycles. The van der Waals surface area contributed by atoms with Gasteiger partial charge in [0.05, 0.1) is 22.3 Å². The Morgan fingerprint density at radius 1 is 0.765 bits per heavy atom.